The van der Waals surface area contributed by atoms with Crippen LogP contribution < -0.4 is 5.73 Å². The molecule has 1 aromatic rings. The molecule has 0 bridgehead atoms. The van der Waals surface area contributed by atoms with Crippen LogP contribution in [0.2, 0.25) is 0 Å². The molecule has 1 heterocycles. The first-order chi connectivity index (χ1) is 7.66. The van der Waals surface area contributed by atoms with Crippen LogP contribution in [0, 0.1) is 6.92 Å². The lowest BCUT2D eigenvalue weighted by molar-refractivity contribution is -0.0457. The van der Waals surface area contributed by atoms with E-state index in [1.807, 2.05) is 13.8 Å². The van der Waals surface area contributed by atoms with Gasteiger partial charge in [0.15, 0.2) is 5.82 Å². The second-order valence-corrected chi connectivity index (χ2v) is 4.39. The molecular weight excluding hydrogens is 202 g/mol. The van der Waals surface area contributed by atoms with Gasteiger partial charge in [0, 0.05) is 18.4 Å². The highest BCUT2D eigenvalue weighted by Gasteiger charge is 2.39. The summed E-state index contributed by atoms with van der Waals surface area (Å²) in [6.07, 6.45) is 4.36. The van der Waals surface area contributed by atoms with Crippen molar-refractivity contribution in [1.82, 2.24) is 9.97 Å². The Morgan fingerprint density at radius 2 is 2.06 bits per heavy atom. The minimum atomic E-state index is -0.283. The predicted octanol–water partition coefficient (Wildman–Crippen LogP) is 2.17. The lowest BCUT2D eigenvalue weighted by atomic mass is 10.0. The first-order valence-corrected chi connectivity index (χ1v) is 5.92. The number of nitrogen functional groups attached to an aromatic ring is 1. The predicted molar refractivity (Wildman–Crippen MR) is 63.0 cm³/mol. The van der Waals surface area contributed by atoms with Gasteiger partial charge >= 0.3 is 0 Å². The first kappa shape index (κ1) is 11.3. The van der Waals surface area contributed by atoms with Crippen molar-refractivity contribution < 1.29 is 4.74 Å². The highest BCUT2D eigenvalue weighted by Crippen LogP contribution is 2.40. The first-order valence-electron chi connectivity index (χ1n) is 5.92. The second kappa shape index (κ2) is 4.37. The SMILES string of the molecule is CCOC1(c2nc(C)cc(N)n2)CCCC1. The van der Waals surface area contributed by atoms with Crippen molar-refractivity contribution in [3.63, 3.8) is 0 Å². The zero-order valence-electron chi connectivity index (χ0n) is 9.99. The maximum atomic E-state index is 5.91. The van der Waals surface area contributed by atoms with Crippen LogP contribution in [-0.2, 0) is 10.3 Å². The van der Waals surface area contributed by atoms with Crippen molar-refractivity contribution in [3.8, 4) is 0 Å². The minimum absolute atomic E-state index is 0.283. The molecule has 1 saturated carbocycles. The standard InChI is InChI=1S/C12H19N3O/c1-3-16-12(6-4-5-7-12)11-14-9(2)8-10(13)15-11/h8H,3-7H2,1-2H3,(H2,13,14,15). The Morgan fingerprint density at radius 1 is 1.38 bits per heavy atom. The van der Waals surface area contributed by atoms with Crippen molar-refractivity contribution in [2.75, 3.05) is 12.3 Å². The van der Waals surface area contributed by atoms with Gasteiger partial charge in [0.25, 0.3) is 0 Å². The zero-order chi connectivity index (χ0) is 11.6. The van der Waals surface area contributed by atoms with Crippen molar-refractivity contribution in [3.05, 3.63) is 17.6 Å². The van der Waals surface area contributed by atoms with Crippen LogP contribution >= 0.6 is 0 Å². The number of anilines is 1. The molecule has 0 saturated heterocycles. The number of nitrogens with zero attached hydrogens (tertiary/aromatic N) is 2. The maximum absolute atomic E-state index is 5.91. The molecule has 2 N–H and O–H groups in total. The summed E-state index contributed by atoms with van der Waals surface area (Å²) in [5, 5.41) is 0. The third-order valence-corrected chi connectivity index (χ3v) is 3.11. The summed E-state index contributed by atoms with van der Waals surface area (Å²) in [4.78, 5) is 8.84. The molecule has 4 nitrogen and oxygen atoms in total. The molecule has 0 unspecified atom stereocenters. The summed E-state index contributed by atoms with van der Waals surface area (Å²) in [5.41, 5.74) is 6.40. The van der Waals surface area contributed by atoms with E-state index in [1.54, 1.807) is 6.07 Å². The van der Waals surface area contributed by atoms with E-state index in [1.165, 1.54) is 12.8 Å². The van der Waals surface area contributed by atoms with Gasteiger partial charge in [-0.25, -0.2) is 9.97 Å². The molecular formula is C12H19N3O. The lowest BCUT2D eigenvalue weighted by Gasteiger charge is -2.27. The summed E-state index contributed by atoms with van der Waals surface area (Å²) in [6, 6.07) is 1.79. The smallest absolute Gasteiger partial charge is 0.162 e. The van der Waals surface area contributed by atoms with Gasteiger partial charge < -0.3 is 10.5 Å². The van der Waals surface area contributed by atoms with Crippen LogP contribution in [0.25, 0.3) is 0 Å². The monoisotopic (exact) mass is 221 g/mol. The van der Waals surface area contributed by atoms with Crippen molar-refractivity contribution in [1.29, 1.82) is 0 Å². The number of hydrogen-bond donors (Lipinski definition) is 1. The summed E-state index contributed by atoms with van der Waals surface area (Å²) >= 11 is 0. The van der Waals surface area contributed by atoms with Gasteiger partial charge in [-0.05, 0) is 39.5 Å². The zero-order valence-corrected chi connectivity index (χ0v) is 9.99. The summed E-state index contributed by atoms with van der Waals surface area (Å²) in [5.74, 6) is 1.30. The van der Waals surface area contributed by atoms with Gasteiger partial charge in [-0.2, -0.15) is 0 Å². The van der Waals surface area contributed by atoms with Gasteiger partial charge in [-0.3, -0.25) is 0 Å². The maximum Gasteiger partial charge on any atom is 0.162 e. The van der Waals surface area contributed by atoms with E-state index in [-0.39, 0.29) is 5.60 Å². The molecule has 0 atom stereocenters. The van der Waals surface area contributed by atoms with E-state index in [0.717, 1.165) is 24.4 Å². The molecule has 1 fully saturated rings. The Bertz CT molecular complexity index is 352. The fraction of sp³-hybridized carbons (Fsp3) is 0.667. The number of rotatable bonds is 3. The van der Waals surface area contributed by atoms with Crippen LogP contribution in [0.1, 0.15) is 44.1 Å². The van der Waals surface area contributed by atoms with E-state index in [4.69, 9.17) is 10.5 Å². The number of hydrogen-bond acceptors (Lipinski definition) is 4. The molecule has 0 aliphatic heterocycles. The van der Waals surface area contributed by atoms with Crippen LogP contribution in [0.4, 0.5) is 5.82 Å². The summed E-state index contributed by atoms with van der Waals surface area (Å²) < 4.78 is 5.91. The Balaban J connectivity index is 2.38. The molecule has 16 heavy (non-hydrogen) atoms. The van der Waals surface area contributed by atoms with E-state index in [9.17, 15) is 0 Å². The molecule has 1 aromatic heterocycles. The molecule has 0 aromatic carbocycles. The fourth-order valence-electron chi connectivity index (χ4n) is 2.45. The van der Waals surface area contributed by atoms with Crippen LogP contribution in [0.15, 0.2) is 6.07 Å². The molecule has 4 heteroatoms. The third-order valence-electron chi connectivity index (χ3n) is 3.11. The number of aromatic nitrogens is 2. The van der Waals surface area contributed by atoms with Gasteiger partial charge in [0.2, 0.25) is 0 Å². The third kappa shape index (κ3) is 2.02. The van der Waals surface area contributed by atoms with Crippen LogP contribution in [0.5, 0.6) is 0 Å². The Kier molecular flexibility index (Phi) is 3.10. The second-order valence-electron chi connectivity index (χ2n) is 4.39. The summed E-state index contributed by atoms with van der Waals surface area (Å²) in [6.45, 7) is 4.65. The van der Waals surface area contributed by atoms with Crippen LogP contribution in [-0.4, -0.2) is 16.6 Å². The van der Waals surface area contributed by atoms with Crippen molar-refractivity contribution in [2.45, 2.75) is 45.1 Å². The average Bonchev–Trinajstić information content (AvgIpc) is 2.66. The van der Waals surface area contributed by atoms with E-state index < -0.39 is 0 Å². The Labute approximate surface area is 96.2 Å². The van der Waals surface area contributed by atoms with E-state index in [2.05, 4.69) is 9.97 Å². The Hall–Kier alpha value is -1.16. The highest BCUT2D eigenvalue weighted by atomic mass is 16.5. The fourth-order valence-corrected chi connectivity index (χ4v) is 2.45. The van der Waals surface area contributed by atoms with Gasteiger partial charge in [-0.1, -0.05) is 0 Å². The quantitative estimate of drug-likeness (QED) is 0.849. The molecule has 88 valence electrons. The molecule has 1 aliphatic rings. The molecule has 0 radical (unpaired) electrons. The van der Waals surface area contributed by atoms with E-state index >= 15 is 0 Å². The minimum Gasteiger partial charge on any atom is -0.384 e. The number of aryl methyl sites for hydroxylation is 1. The number of nitrogens with two attached hydrogens (primary N) is 1. The highest BCUT2D eigenvalue weighted by molar-refractivity contribution is 5.30. The van der Waals surface area contributed by atoms with Crippen molar-refractivity contribution in [2.24, 2.45) is 0 Å². The van der Waals surface area contributed by atoms with Gasteiger partial charge in [0.1, 0.15) is 11.4 Å². The van der Waals surface area contributed by atoms with Crippen LogP contribution in [0.3, 0.4) is 0 Å². The van der Waals surface area contributed by atoms with E-state index in [0.29, 0.717) is 12.4 Å². The molecule has 0 spiro atoms. The largest absolute Gasteiger partial charge is 0.384 e. The Morgan fingerprint density at radius 3 is 2.62 bits per heavy atom. The normalized spacial score (nSPS) is 18.9. The molecule has 2 rings (SSSR count). The summed E-state index contributed by atoms with van der Waals surface area (Å²) in [7, 11) is 0. The number of ether oxygens (including phenoxy) is 1. The molecule has 0 amide bonds. The van der Waals surface area contributed by atoms with Crippen molar-refractivity contribution >= 4 is 5.82 Å². The average molecular weight is 221 g/mol. The lowest BCUT2D eigenvalue weighted by Crippen LogP contribution is -2.29. The molecule has 1 aliphatic carbocycles. The van der Waals surface area contributed by atoms with Gasteiger partial charge in [-0.15, -0.1) is 0 Å². The topological polar surface area (TPSA) is 61.0 Å². The van der Waals surface area contributed by atoms with Gasteiger partial charge in [0.05, 0.1) is 0 Å².